The van der Waals surface area contributed by atoms with Crippen LogP contribution in [0.2, 0.25) is 0 Å². The van der Waals surface area contributed by atoms with Crippen LogP contribution in [0, 0.1) is 5.92 Å². The number of likely N-dealkylation sites (tertiary alicyclic amines) is 1. The van der Waals surface area contributed by atoms with Crippen LogP contribution in [0.5, 0.6) is 0 Å². The van der Waals surface area contributed by atoms with E-state index in [1.54, 1.807) is 6.07 Å². The molecule has 0 N–H and O–H groups in total. The summed E-state index contributed by atoms with van der Waals surface area (Å²) in [6.07, 6.45) is 1.51. The molecule has 1 unspecified atom stereocenters. The molecule has 2 aliphatic heterocycles. The molecule has 2 aliphatic rings. The largest absolute Gasteiger partial charge is 0.447 e. The summed E-state index contributed by atoms with van der Waals surface area (Å²) in [6, 6.07) is 7.43. The summed E-state index contributed by atoms with van der Waals surface area (Å²) in [4.78, 5) is 40.6. The minimum absolute atomic E-state index is 0.0186. The highest BCUT2D eigenvalue weighted by Crippen LogP contribution is 2.27. The third-order valence-electron chi connectivity index (χ3n) is 6.05. The number of amides is 2. The number of nitrogens with zero attached hydrogens (tertiary/aromatic N) is 3. The van der Waals surface area contributed by atoms with E-state index in [1.807, 2.05) is 28.0 Å². The first-order valence-electron chi connectivity index (χ1n) is 10.3. The topological polar surface area (TPSA) is 85.0 Å². The number of benzene rings is 1. The molecule has 0 aliphatic carbocycles. The zero-order valence-corrected chi connectivity index (χ0v) is 16.9. The molecular weight excluding hydrogens is 374 g/mol. The van der Waals surface area contributed by atoms with Gasteiger partial charge in [0.2, 0.25) is 5.91 Å². The maximum atomic E-state index is 12.7. The van der Waals surface area contributed by atoms with Crippen LogP contribution in [0.15, 0.2) is 33.5 Å². The lowest BCUT2D eigenvalue weighted by Gasteiger charge is -2.38. The summed E-state index contributed by atoms with van der Waals surface area (Å²) >= 11 is 0. The lowest BCUT2D eigenvalue weighted by Crippen LogP contribution is -2.51. The molecule has 8 nitrogen and oxygen atoms in total. The van der Waals surface area contributed by atoms with E-state index in [0.717, 1.165) is 12.8 Å². The predicted molar refractivity (Wildman–Crippen MR) is 107 cm³/mol. The third-order valence-corrected chi connectivity index (χ3v) is 6.05. The number of rotatable bonds is 5. The number of ether oxygens (including phenoxy) is 1. The Labute approximate surface area is 169 Å². The van der Waals surface area contributed by atoms with Gasteiger partial charge in [-0.2, -0.15) is 0 Å². The number of hydrogen-bond donors (Lipinski definition) is 0. The van der Waals surface area contributed by atoms with Gasteiger partial charge in [-0.05, 0) is 30.9 Å². The van der Waals surface area contributed by atoms with Crippen LogP contribution in [0.4, 0.5) is 4.79 Å². The van der Waals surface area contributed by atoms with Gasteiger partial charge in [0, 0.05) is 32.1 Å². The van der Waals surface area contributed by atoms with E-state index < -0.39 is 5.76 Å². The summed E-state index contributed by atoms with van der Waals surface area (Å²) < 4.78 is 12.0. The van der Waals surface area contributed by atoms with Gasteiger partial charge in [-0.3, -0.25) is 14.3 Å². The summed E-state index contributed by atoms with van der Waals surface area (Å²) in [7, 11) is 0. The fourth-order valence-corrected chi connectivity index (χ4v) is 4.37. The lowest BCUT2D eigenvalue weighted by molar-refractivity contribution is -0.132. The van der Waals surface area contributed by atoms with Gasteiger partial charge < -0.3 is 14.1 Å². The van der Waals surface area contributed by atoms with E-state index in [9.17, 15) is 14.4 Å². The van der Waals surface area contributed by atoms with Crippen molar-refractivity contribution in [3.05, 3.63) is 34.8 Å². The van der Waals surface area contributed by atoms with Gasteiger partial charge in [-0.1, -0.05) is 26.0 Å². The molecule has 0 bridgehead atoms. The quantitative estimate of drug-likeness (QED) is 0.768. The molecule has 1 atom stereocenters. The summed E-state index contributed by atoms with van der Waals surface area (Å²) in [5.74, 6) is -0.0840. The van der Waals surface area contributed by atoms with Crippen molar-refractivity contribution in [1.82, 2.24) is 14.4 Å². The van der Waals surface area contributed by atoms with Crippen molar-refractivity contribution in [3.8, 4) is 0 Å². The van der Waals surface area contributed by atoms with Crippen LogP contribution >= 0.6 is 0 Å². The van der Waals surface area contributed by atoms with Crippen molar-refractivity contribution in [2.45, 2.75) is 51.7 Å². The predicted octanol–water partition coefficient (Wildman–Crippen LogP) is 2.45. The molecule has 29 heavy (non-hydrogen) atoms. The Morgan fingerprint density at radius 1 is 1.17 bits per heavy atom. The van der Waals surface area contributed by atoms with Crippen molar-refractivity contribution in [2.75, 3.05) is 19.7 Å². The summed E-state index contributed by atoms with van der Waals surface area (Å²) in [5, 5.41) is 0. The Balaban J connectivity index is 1.34. The normalized spacial score (nSPS) is 20.7. The molecule has 1 aromatic heterocycles. The number of aromatic nitrogens is 1. The van der Waals surface area contributed by atoms with Crippen LogP contribution in [0.1, 0.15) is 33.1 Å². The second-order valence-electron chi connectivity index (χ2n) is 8.14. The summed E-state index contributed by atoms with van der Waals surface area (Å²) in [5.41, 5.74) is 1.24. The Bertz CT molecular complexity index is 955. The highest BCUT2D eigenvalue weighted by atomic mass is 16.6. The second kappa shape index (κ2) is 7.93. The van der Waals surface area contributed by atoms with Gasteiger partial charge in [0.1, 0.15) is 6.61 Å². The molecule has 156 valence electrons. The smallest absolute Gasteiger partial charge is 0.419 e. The highest BCUT2D eigenvalue weighted by molar-refractivity contribution is 5.77. The molecule has 0 spiro atoms. The number of hydrogen-bond acceptors (Lipinski definition) is 5. The molecular formula is C21H27N3O5. The van der Waals surface area contributed by atoms with Gasteiger partial charge in [-0.25, -0.2) is 9.59 Å². The monoisotopic (exact) mass is 401 g/mol. The lowest BCUT2D eigenvalue weighted by atomic mass is 9.97. The van der Waals surface area contributed by atoms with Crippen molar-refractivity contribution >= 4 is 23.1 Å². The summed E-state index contributed by atoms with van der Waals surface area (Å²) in [6.45, 7) is 6.16. The third kappa shape index (κ3) is 3.75. The molecule has 8 heteroatoms. The van der Waals surface area contributed by atoms with Crippen molar-refractivity contribution < 1.29 is 18.7 Å². The molecule has 2 saturated heterocycles. The van der Waals surface area contributed by atoms with Crippen LogP contribution in [-0.2, 0) is 16.1 Å². The zero-order chi connectivity index (χ0) is 20.5. The van der Waals surface area contributed by atoms with Gasteiger partial charge in [0.05, 0.1) is 11.6 Å². The van der Waals surface area contributed by atoms with E-state index in [-0.39, 0.29) is 30.5 Å². The number of fused-ring (bicyclic) bond motifs is 1. The van der Waals surface area contributed by atoms with Gasteiger partial charge in [0.15, 0.2) is 5.58 Å². The van der Waals surface area contributed by atoms with Crippen LogP contribution in [-0.4, -0.2) is 58.1 Å². The zero-order valence-electron chi connectivity index (χ0n) is 16.9. The fraction of sp³-hybridized carbons (Fsp3) is 0.571. The standard InChI is InChI=1S/C21H27N3O5/c1-14(2)17-13-28-21(27)24(17)15-7-10-22(11-8-15)19(25)9-12-23-16-5-3-4-6-18(16)29-20(23)26/h3-6,14-15,17H,7-13H2,1-2H3. The highest BCUT2D eigenvalue weighted by Gasteiger charge is 2.41. The van der Waals surface area contributed by atoms with Crippen LogP contribution in [0.25, 0.3) is 11.1 Å². The van der Waals surface area contributed by atoms with Crippen LogP contribution in [0.3, 0.4) is 0 Å². The minimum Gasteiger partial charge on any atom is -0.447 e. The van der Waals surface area contributed by atoms with Crippen molar-refractivity contribution in [3.63, 3.8) is 0 Å². The average Bonchev–Trinajstić information content (AvgIpc) is 3.25. The first kappa shape index (κ1) is 19.5. The second-order valence-corrected chi connectivity index (χ2v) is 8.14. The number of cyclic esters (lactones) is 1. The number of piperidine rings is 1. The molecule has 1 aromatic carbocycles. The molecule has 0 radical (unpaired) electrons. The van der Waals surface area contributed by atoms with Crippen molar-refractivity contribution in [2.24, 2.45) is 5.92 Å². The number of carbonyl (C=O) groups excluding carboxylic acids is 2. The number of para-hydroxylation sites is 2. The van der Waals surface area contributed by atoms with E-state index in [0.29, 0.717) is 43.3 Å². The number of carbonyl (C=O) groups is 2. The molecule has 2 fully saturated rings. The molecule has 4 rings (SSSR count). The van der Waals surface area contributed by atoms with E-state index >= 15 is 0 Å². The minimum atomic E-state index is -0.440. The van der Waals surface area contributed by atoms with Crippen molar-refractivity contribution in [1.29, 1.82) is 0 Å². The molecule has 2 aromatic rings. The van der Waals surface area contributed by atoms with E-state index in [4.69, 9.17) is 9.15 Å². The maximum absolute atomic E-state index is 12.7. The average molecular weight is 401 g/mol. The van der Waals surface area contributed by atoms with Gasteiger partial charge in [0.25, 0.3) is 0 Å². The van der Waals surface area contributed by atoms with Gasteiger partial charge in [-0.15, -0.1) is 0 Å². The SMILES string of the molecule is CC(C)C1COC(=O)N1C1CCN(C(=O)CCn2c(=O)oc3ccccc32)CC1. The van der Waals surface area contributed by atoms with E-state index in [2.05, 4.69) is 13.8 Å². The molecule has 2 amide bonds. The fourth-order valence-electron chi connectivity index (χ4n) is 4.37. The van der Waals surface area contributed by atoms with Crippen LogP contribution < -0.4 is 5.76 Å². The Hall–Kier alpha value is -2.77. The Kier molecular flexibility index (Phi) is 5.34. The molecule has 0 saturated carbocycles. The number of oxazole rings is 1. The Morgan fingerprint density at radius 3 is 2.62 bits per heavy atom. The molecule has 3 heterocycles. The van der Waals surface area contributed by atoms with E-state index in [1.165, 1.54) is 4.57 Å². The van der Waals surface area contributed by atoms with Gasteiger partial charge >= 0.3 is 11.8 Å². The first-order chi connectivity index (χ1) is 14.0. The maximum Gasteiger partial charge on any atom is 0.419 e. The number of aryl methyl sites for hydroxylation is 1. The first-order valence-corrected chi connectivity index (χ1v) is 10.3. The Morgan fingerprint density at radius 2 is 1.90 bits per heavy atom.